The van der Waals surface area contributed by atoms with Crippen LogP contribution < -0.4 is 13.9 Å². The van der Waals surface area contributed by atoms with Crippen LogP contribution in [0.5, 0.6) is 17.2 Å². The Labute approximate surface area is 131 Å². The Hall–Kier alpha value is -0.683. The molecule has 0 bridgehead atoms. The van der Waals surface area contributed by atoms with E-state index in [1.165, 1.54) is 0 Å². The van der Waals surface area contributed by atoms with Crippen molar-refractivity contribution in [1.82, 2.24) is 0 Å². The zero-order valence-corrected chi connectivity index (χ0v) is 16.1. The van der Waals surface area contributed by atoms with Gasteiger partial charge in [0.1, 0.15) is 0 Å². The van der Waals surface area contributed by atoms with Crippen LogP contribution in [0.4, 0.5) is 0 Å². The van der Waals surface area contributed by atoms with Crippen LogP contribution in [-0.2, 0) is 5.33 Å². The summed E-state index contributed by atoms with van der Waals surface area (Å²) in [4.78, 5) is 0. The van der Waals surface area contributed by atoms with Gasteiger partial charge in [0.25, 0.3) is 8.32 Å². The summed E-state index contributed by atoms with van der Waals surface area (Å²) in [5.41, 5.74) is 1.10. The summed E-state index contributed by atoms with van der Waals surface area (Å²) < 4.78 is 17.4. The minimum absolute atomic E-state index is 0.122. The van der Waals surface area contributed by atoms with E-state index in [-0.39, 0.29) is 5.04 Å². The molecule has 0 N–H and O–H groups in total. The molecule has 0 aliphatic rings. The lowest BCUT2D eigenvalue weighted by atomic mass is 10.2. The molecule has 3 nitrogen and oxygen atoms in total. The smallest absolute Gasteiger partial charge is 0.250 e. The van der Waals surface area contributed by atoms with Crippen LogP contribution in [-0.4, -0.2) is 22.5 Å². The highest BCUT2D eigenvalue weighted by atomic mass is 79.9. The first-order valence-corrected chi connectivity index (χ1v) is 10.7. The maximum atomic E-state index is 6.38. The van der Waals surface area contributed by atoms with Gasteiger partial charge in [0.2, 0.25) is 0 Å². The highest BCUT2D eigenvalue weighted by molar-refractivity contribution is 9.08. The minimum Gasteiger partial charge on any atom is -0.539 e. The van der Waals surface area contributed by atoms with Gasteiger partial charge in [0, 0.05) is 5.33 Å². The number of alkyl halides is 1. The van der Waals surface area contributed by atoms with E-state index in [2.05, 4.69) is 49.8 Å². The average Bonchev–Trinajstić information content (AvgIpc) is 2.37. The van der Waals surface area contributed by atoms with E-state index in [1.54, 1.807) is 14.2 Å². The molecule has 0 unspecified atom stereocenters. The van der Waals surface area contributed by atoms with Crippen LogP contribution in [0.15, 0.2) is 12.1 Å². The Kier molecular flexibility index (Phi) is 5.55. The number of methoxy groups -OCH3 is 2. The Morgan fingerprint density at radius 3 is 1.80 bits per heavy atom. The lowest BCUT2D eigenvalue weighted by Crippen LogP contribution is -2.44. The predicted octanol–water partition coefficient (Wildman–Crippen LogP) is 4.98. The van der Waals surface area contributed by atoms with Crippen molar-refractivity contribution in [2.24, 2.45) is 0 Å². The second-order valence-electron chi connectivity index (χ2n) is 6.33. The molecule has 114 valence electrons. The van der Waals surface area contributed by atoms with E-state index < -0.39 is 8.32 Å². The predicted molar refractivity (Wildman–Crippen MR) is 90.0 cm³/mol. The van der Waals surface area contributed by atoms with Crippen LogP contribution >= 0.6 is 15.9 Å². The molecule has 0 saturated carbocycles. The van der Waals surface area contributed by atoms with Gasteiger partial charge in [-0.2, -0.15) is 0 Å². The minimum atomic E-state index is -1.94. The fraction of sp³-hybridized carbons (Fsp3) is 0.600. The monoisotopic (exact) mass is 360 g/mol. The fourth-order valence-electron chi connectivity index (χ4n) is 1.52. The van der Waals surface area contributed by atoms with E-state index in [9.17, 15) is 0 Å². The standard InChI is InChI=1S/C15H25BrO3Si/c1-15(2,3)20(6,7)19-14-12(17-4)8-11(10-16)9-13(14)18-5/h8-9H,10H2,1-7H3. The highest BCUT2D eigenvalue weighted by Crippen LogP contribution is 2.45. The van der Waals surface area contributed by atoms with Gasteiger partial charge in [-0.3, -0.25) is 0 Å². The van der Waals surface area contributed by atoms with Gasteiger partial charge in [0.05, 0.1) is 14.2 Å². The number of halogens is 1. The summed E-state index contributed by atoms with van der Waals surface area (Å²) in [6, 6.07) is 3.97. The molecule has 0 aliphatic carbocycles. The van der Waals surface area contributed by atoms with Gasteiger partial charge in [0.15, 0.2) is 17.2 Å². The molecule has 0 radical (unpaired) electrons. The zero-order chi connectivity index (χ0) is 15.6. The molecule has 20 heavy (non-hydrogen) atoms. The third-order valence-corrected chi connectivity index (χ3v) is 8.81. The third kappa shape index (κ3) is 3.70. The molecule has 0 saturated heterocycles. The second-order valence-corrected chi connectivity index (χ2v) is 11.6. The van der Waals surface area contributed by atoms with Crippen LogP contribution in [0.25, 0.3) is 0 Å². The molecule has 0 heterocycles. The molecule has 1 aromatic rings. The highest BCUT2D eigenvalue weighted by Gasteiger charge is 2.40. The van der Waals surface area contributed by atoms with E-state index in [0.717, 1.165) is 22.4 Å². The molecule has 0 aromatic heterocycles. The first-order valence-electron chi connectivity index (χ1n) is 6.66. The fourth-order valence-corrected chi connectivity index (χ4v) is 2.86. The molecule has 1 aromatic carbocycles. The van der Waals surface area contributed by atoms with Gasteiger partial charge >= 0.3 is 0 Å². The molecule has 5 heteroatoms. The van der Waals surface area contributed by atoms with Crippen molar-refractivity contribution in [2.45, 2.75) is 44.2 Å². The summed E-state index contributed by atoms with van der Waals surface area (Å²) in [5.74, 6) is 2.17. The van der Waals surface area contributed by atoms with Crippen molar-refractivity contribution in [1.29, 1.82) is 0 Å². The van der Waals surface area contributed by atoms with Crippen molar-refractivity contribution in [2.75, 3.05) is 14.2 Å². The van der Waals surface area contributed by atoms with Crippen molar-refractivity contribution in [3.63, 3.8) is 0 Å². The topological polar surface area (TPSA) is 27.7 Å². The summed E-state index contributed by atoms with van der Waals surface area (Å²) in [5, 5.41) is 0.872. The summed E-state index contributed by atoms with van der Waals surface area (Å²) in [6.45, 7) is 11.1. The molecule has 0 spiro atoms. The molecular weight excluding hydrogens is 336 g/mol. The maximum Gasteiger partial charge on any atom is 0.250 e. The van der Waals surface area contributed by atoms with Gasteiger partial charge in [-0.05, 0) is 35.8 Å². The molecule has 0 atom stereocenters. The largest absolute Gasteiger partial charge is 0.539 e. The Balaban J connectivity index is 3.30. The van der Waals surface area contributed by atoms with Gasteiger partial charge in [-0.1, -0.05) is 36.7 Å². The second kappa shape index (κ2) is 6.39. The Bertz CT molecular complexity index is 442. The molecule has 1 rings (SSSR count). The van der Waals surface area contributed by atoms with E-state index in [1.807, 2.05) is 12.1 Å². The Morgan fingerprint density at radius 1 is 1.05 bits per heavy atom. The zero-order valence-electron chi connectivity index (χ0n) is 13.5. The number of rotatable bonds is 5. The van der Waals surface area contributed by atoms with Gasteiger partial charge < -0.3 is 13.9 Å². The van der Waals surface area contributed by atoms with Crippen LogP contribution in [0.3, 0.4) is 0 Å². The third-order valence-electron chi connectivity index (χ3n) is 3.84. The lowest BCUT2D eigenvalue weighted by Gasteiger charge is -2.37. The number of benzene rings is 1. The summed E-state index contributed by atoms with van der Waals surface area (Å²) in [7, 11) is 1.38. The van der Waals surface area contributed by atoms with Crippen LogP contribution in [0.2, 0.25) is 18.1 Å². The molecule has 0 fully saturated rings. The van der Waals surface area contributed by atoms with Crippen molar-refractivity contribution >= 4 is 24.2 Å². The van der Waals surface area contributed by atoms with Crippen molar-refractivity contribution in [3.05, 3.63) is 17.7 Å². The van der Waals surface area contributed by atoms with E-state index in [0.29, 0.717) is 5.75 Å². The van der Waals surface area contributed by atoms with Crippen LogP contribution in [0, 0.1) is 0 Å². The van der Waals surface area contributed by atoms with Crippen molar-refractivity contribution in [3.8, 4) is 17.2 Å². The first-order chi connectivity index (χ1) is 9.16. The quantitative estimate of drug-likeness (QED) is 0.547. The SMILES string of the molecule is COc1cc(CBr)cc(OC)c1O[Si](C)(C)C(C)(C)C. The van der Waals surface area contributed by atoms with Crippen LogP contribution in [0.1, 0.15) is 26.3 Å². The first kappa shape index (κ1) is 17.4. The maximum absolute atomic E-state index is 6.38. The lowest BCUT2D eigenvalue weighted by molar-refractivity contribution is 0.354. The number of ether oxygens (including phenoxy) is 2. The van der Waals surface area contributed by atoms with E-state index >= 15 is 0 Å². The van der Waals surface area contributed by atoms with Crippen molar-refractivity contribution < 1.29 is 13.9 Å². The van der Waals surface area contributed by atoms with E-state index in [4.69, 9.17) is 13.9 Å². The molecule has 0 aliphatic heterocycles. The molecular formula is C15H25BrO3Si. The average molecular weight is 361 g/mol. The van der Waals surface area contributed by atoms with Gasteiger partial charge in [-0.15, -0.1) is 0 Å². The molecule has 0 amide bonds. The normalized spacial score (nSPS) is 12.2. The number of hydrogen-bond donors (Lipinski definition) is 0. The Morgan fingerprint density at radius 2 is 1.50 bits per heavy atom. The summed E-state index contributed by atoms with van der Waals surface area (Å²) >= 11 is 3.46. The summed E-state index contributed by atoms with van der Waals surface area (Å²) in [6.07, 6.45) is 0. The van der Waals surface area contributed by atoms with Gasteiger partial charge in [-0.25, -0.2) is 0 Å². The number of hydrogen-bond acceptors (Lipinski definition) is 3.